The zero-order valence-electron chi connectivity index (χ0n) is 5.18. The summed E-state index contributed by atoms with van der Waals surface area (Å²) in [5.41, 5.74) is 0. The second-order valence-corrected chi connectivity index (χ2v) is 1.81. The Hall–Kier alpha value is -0.176. The van der Waals surface area contributed by atoms with Crippen LogP contribution in [0.4, 0.5) is 0 Å². The van der Waals surface area contributed by atoms with Gasteiger partial charge in [-0.25, -0.2) is 0 Å². The van der Waals surface area contributed by atoms with Crippen LogP contribution in [0.15, 0.2) is 0 Å². The fourth-order valence-electron chi connectivity index (χ4n) is 0. The Morgan fingerprint density at radius 2 is 1.88 bits per heavy atom. The zero-order valence-corrected chi connectivity index (χ0v) is 8.59. The van der Waals surface area contributed by atoms with Gasteiger partial charge in [-0.3, -0.25) is 4.79 Å². The molecule has 0 aromatic carbocycles. The van der Waals surface area contributed by atoms with E-state index in [-0.39, 0.29) is 5.97 Å². The lowest BCUT2D eigenvalue weighted by molar-refractivity contribution is -0.131. The van der Waals surface area contributed by atoms with Gasteiger partial charge < -0.3 is 15.2 Å². The number of hydrogen-bond acceptors (Lipinski definition) is 4. The van der Waals surface area contributed by atoms with E-state index >= 15 is 0 Å². The van der Waals surface area contributed by atoms with Crippen LogP contribution in [0.2, 0.25) is 0 Å². The Labute approximate surface area is 54.1 Å². The van der Waals surface area contributed by atoms with Crippen LogP contribution in [0.5, 0.6) is 0 Å². The molecule has 6 heteroatoms. The van der Waals surface area contributed by atoms with Crippen LogP contribution in [0.1, 0.15) is 6.92 Å². The van der Waals surface area contributed by atoms with Gasteiger partial charge >= 0.3 is 0 Å². The molecule has 0 bridgehead atoms. The molecule has 0 saturated carbocycles. The van der Waals surface area contributed by atoms with E-state index in [1.807, 2.05) is 0 Å². The van der Waals surface area contributed by atoms with E-state index in [4.69, 9.17) is 10.8 Å². The van der Waals surface area contributed by atoms with Crippen LogP contribution < -0.4 is 10.8 Å². The molecule has 0 amide bonds. The first-order chi connectivity index (χ1) is 3.68. The third kappa shape index (κ3) is 40.7. The average molecular weight is 152 g/mol. The van der Waals surface area contributed by atoms with E-state index in [9.17, 15) is 4.79 Å². The summed E-state index contributed by atoms with van der Waals surface area (Å²) in [5.74, 6) is -0.184. The Bertz CT molecular complexity index is 60.0. The van der Waals surface area contributed by atoms with Gasteiger partial charge in [-0.1, -0.05) is 0 Å². The second kappa shape index (κ2) is 9.95. The third-order valence-electron chi connectivity index (χ3n) is 0.287. The molecule has 0 spiro atoms. The lowest BCUT2D eigenvalue weighted by Gasteiger charge is -1.82. The fourth-order valence-corrected chi connectivity index (χ4v) is 0. The van der Waals surface area contributed by atoms with Crippen LogP contribution in [-0.2, 0) is 9.22 Å². The third-order valence-corrected chi connectivity index (χ3v) is 0.862. The fraction of sp³-hybridized carbons (Fsp3) is 0.500. The van der Waals surface area contributed by atoms with E-state index < -0.39 is 9.84 Å². The van der Waals surface area contributed by atoms with Crippen molar-refractivity contribution in [1.29, 1.82) is 0 Å². The molecule has 0 aliphatic heterocycles. The van der Waals surface area contributed by atoms with Gasteiger partial charge in [0.05, 0.1) is 0 Å². The molecule has 0 fully saturated rings. The van der Waals surface area contributed by atoms with Crippen LogP contribution in [0.3, 0.4) is 0 Å². The van der Waals surface area contributed by atoms with E-state index in [0.717, 1.165) is 0 Å². The SMILES string of the molecule is CC(=O)O[SiH3].N[SiH2]N. The van der Waals surface area contributed by atoms with Crippen molar-refractivity contribution < 1.29 is 9.22 Å². The van der Waals surface area contributed by atoms with Gasteiger partial charge in [0, 0.05) is 6.92 Å². The van der Waals surface area contributed by atoms with Crippen LogP contribution in [-0.4, -0.2) is 26.3 Å². The maximum atomic E-state index is 9.62. The highest BCUT2D eigenvalue weighted by molar-refractivity contribution is 6.26. The molecule has 8 heavy (non-hydrogen) atoms. The number of carbonyl (C=O) groups is 1. The maximum Gasteiger partial charge on any atom is 0.288 e. The lowest BCUT2D eigenvalue weighted by atomic mass is 10.9. The first kappa shape index (κ1) is 10.7. The molecule has 0 aliphatic carbocycles. The molecule has 0 radical (unpaired) electrons. The van der Waals surface area contributed by atoms with E-state index in [2.05, 4.69) is 4.43 Å². The van der Waals surface area contributed by atoms with Crippen LogP contribution in [0, 0.1) is 0 Å². The maximum absolute atomic E-state index is 9.62. The average Bonchev–Trinajstić information content (AvgIpc) is 1.69. The number of hydrogen-bond donors (Lipinski definition) is 2. The highest BCUT2D eigenvalue weighted by Gasteiger charge is 1.74. The van der Waals surface area contributed by atoms with E-state index in [1.54, 1.807) is 0 Å². The molecule has 0 aromatic rings. The summed E-state index contributed by atoms with van der Waals surface area (Å²) in [4.78, 5) is 9.62. The number of carbonyl (C=O) groups excluding carboxylic acids is 1. The quantitative estimate of drug-likeness (QED) is 0.357. The van der Waals surface area contributed by atoms with Gasteiger partial charge in [0.2, 0.25) is 10.5 Å². The summed E-state index contributed by atoms with van der Waals surface area (Å²) in [7, 11) is -0.0594. The highest BCUT2D eigenvalue weighted by Crippen LogP contribution is 1.58. The Morgan fingerprint density at radius 1 is 1.75 bits per heavy atom. The summed E-state index contributed by atoms with van der Waals surface area (Å²) >= 11 is 0. The summed E-state index contributed by atoms with van der Waals surface area (Å²) in [6.45, 7) is 1.40. The summed E-state index contributed by atoms with van der Waals surface area (Å²) in [6, 6.07) is 0. The molecule has 4 nitrogen and oxygen atoms in total. The molecule has 4 N–H and O–H groups in total. The van der Waals surface area contributed by atoms with E-state index in [0.29, 0.717) is 10.5 Å². The van der Waals surface area contributed by atoms with Crippen molar-refractivity contribution in [2.24, 2.45) is 10.8 Å². The van der Waals surface area contributed by atoms with Crippen molar-refractivity contribution in [3.63, 3.8) is 0 Å². The summed E-state index contributed by atoms with van der Waals surface area (Å²) < 4.78 is 4.25. The van der Waals surface area contributed by atoms with Crippen molar-refractivity contribution in [1.82, 2.24) is 0 Å². The predicted molar refractivity (Wildman–Crippen MR) is 38.6 cm³/mol. The topological polar surface area (TPSA) is 78.3 Å². The molecule has 50 valence electrons. The lowest BCUT2D eigenvalue weighted by Crippen LogP contribution is -2.15. The summed E-state index contributed by atoms with van der Waals surface area (Å²) in [5, 5.41) is 9.53. The zero-order chi connectivity index (χ0) is 6.99. The second-order valence-electron chi connectivity index (χ2n) is 0.931. The highest BCUT2D eigenvalue weighted by atomic mass is 28.2. The van der Waals surface area contributed by atoms with Gasteiger partial charge in [-0.15, -0.1) is 0 Å². The predicted octanol–water partition coefficient (Wildman–Crippen LogP) is -3.27. The number of rotatable bonds is 0. The largest absolute Gasteiger partial charge is 0.529 e. The minimum atomic E-state index is -0.583. The van der Waals surface area contributed by atoms with Gasteiger partial charge in [0.25, 0.3) is 5.97 Å². The van der Waals surface area contributed by atoms with Gasteiger partial charge in [0.1, 0.15) is 0 Å². The van der Waals surface area contributed by atoms with Crippen LogP contribution in [0.25, 0.3) is 0 Å². The van der Waals surface area contributed by atoms with Crippen molar-refractivity contribution in [3.05, 3.63) is 0 Å². The Balaban J connectivity index is 0. The first-order valence-electron chi connectivity index (χ1n) is 2.13. The van der Waals surface area contributed by atoms with Crippen molar-refractivity contribution in [2.75, 3.05) is 0 Å². The van der Waals surface area contributed by atoms with Crippen LogP contribution >= 0.6 is 0 Å². The molecular weight excluding hydrogens is 140 g/mol. The first-order valence-corrected chi connectivity index (χ1v) is 4.58. The normalized spacial score (nSPS) is 6.88. The minimum absolute atomic E-state index is 0.184. The Morgan fingerprint density at radius 3 is 1.88 bits per heavy atom. The summed E-state index contributed by atoms with van der Waals surface area (Å²) in [6.07, 6.45) is 0. The van der Waals surface area contributed by atoms with Crippen molar-refractivity contribution in [3.8, 4) is 0 Å². The van der Waals surface area contributed by atoms with Gasteiger partial charge in [0.15, 0.2) is 9.84 Å². The molecule has 0 atom stereocenters. The molecular formula is C2H12N2O2Si2. The monoisotopic (exact) mass is 152 g/mol. The molecule has 0 heterocycles. The smallest absolute Gasteiger partial charge is 0.288 e. The van der Waals surface area contributed by atoms with Crippen molar-refractivity contribution in [2.45, 2.75) is 6.92 Å². The van der Waals surface area contributed by atoms with Crippen molar-refractivity contribution >= 4 is 26.3 Å². The van der Waals surface area contributed by atoms with E-state index in [1.165, 1.54) is 6.92 Å². The minimum Gasteiger partial charge on any atom is -0.529 e. The Kier molecular flexibility index (Phi) is 13.4. The molecule has 0 rings (SSSR count). The number of nitrogens with two attached hydrogens (primary N) is 2. The molecule has 0 aliphatic rings. The van der Waals surface area contributed by atoms with Gasteiger partial charge in [-0.2, -0.15) is 0 Å². The van der Waals surface area contributed by atoms with Gasteiger partial charge in [-0.05, 0) is 0 Å². The molecule has 0 aromatic heterocycles. The molecule has 0 saturated heterocycles. The standard InChI is InChI=1S/C2H6O2Si.H6N2Si/c1-2(3)4-5;1-3-2/h1,5H3;1-3H2. The molecule has 0 unspecified atom stereocenters.